The average molecular weight is 426 g/mol. The van der Waals surface area contributed by atoms with Crippen molar-refractivity contribution in [3.05, 3.63) is 47.8 Å². The predicted molar refractivity (Wildman–Crippen MR) is 117 cm³/mol. The number of unbranched alkanes of at least 4 members (excludes halogenated alkanes) is 1. The van der Waals surface area contributed by atoms with Crippen molar-refractivity contribution in [2.24, 2.45) is 0 Å². The van der Waals surface area contributed by atoms with Gasteiger partial charge in [0.2, 0.25) is 0 Å². The van der Waals surface area contributed by atoms with Crippen LogP contribution in [0.4, 0.5) is 14.9 Å². The smallest absolute Gasteiger partial charge is 0.324 e. The summed E-state index contributed by atoms with van der Waals surface area (Å²) >= 11 is 0. The molecule has 0 spiro atoms. The number of carbonyl (C=O) groups is 1. The Kier molecular flexibility index (Phi) is 7.60. The van der Waals surface area contributed by atoms with Crippen molar-refractivity contribution in [3.8, 4) is 29.6 Å². The van der Waals surface area contributed by atoms with Crippen LogP contribution in [0.3, 0.4) is 0 Å². The van der Waals surface area contributed by atoms with Gasteiger partial charge in [-0.3, -0.25) is 4.90 Å². The summed E-state index contributed by atoms with van der Waals surface area (Å²) in [6.07, 6.45) is 7.44. The van der Waals surface area contributed by atoms with Gasteiger partial charge in [-0.05, 0) is 43.2 Å². The van der Waals surface area contributed by atoms with E-state index in [1.165, 1.54) is 19.2 Å². The van der Waals surface area contributed by atoms with Gasteiger partial charge in [0.1, 0.15) is 11.6 Å². The van der Waals surface area contributed by atoms with E-state index in [0.29, 0.717) is 54.6 Å². The number of nitrogens with zero attached hydrogens (tertiary/aromatic N) is 2. The zero-order valence-electron chi connectivity index (χ0n) is 17.9. The number of benzene rings is 2. The van der Waals surface area contributed by atoms with Crippen molar-refractivity contribution in [1.29, 1.82) is 0 Å². The molecule has 6 nitrogen and oxygen atoms in total. The lowest BCUT2D eigenvalue weighted by Crippen LogP contribution is -2.49. The molecule has 0 bridgehead atoms. The molecule has 1 aliphatic heterocycles. The molecule has 31 heavy (non-hydrogen) atoms. The van der Waals surface area contributed by atoms with Crippen LogP contribution in [0.1, 0.15) is 24.8 Å². The zero-order valence-corrected chi connectivity index (χ0v) is 17.9. The maximum absolute atomic E-state index is 13.7. The Hall–Kier alpha value is -3.40. The normalized spacial score (nSPS) is 13.7. The van der Waals surface area contributed by atoms with Gasteiger partial charge in [0, 0.05) is 36.8 Å². The lowest BCUT2D eigenvalue weighted by Gasteiger charge is -2.36. The maximum atomic E-state index is 13.7. The largest absolute Gasteiger partial charge is 0.496 e. The maximum Gasteiger partial charge on any atom is 0.324 e. The summed E-state index contributed by atoms with van der Waals surface area (Å²) < 4.78 is 30.3. The van der Waals surface area contributed by atoms with Gasteiger partial charge in [0.25, 0.3) is 0 Å². The van der Waals surface area contributed by atoms with E-state index in [-0.39, 0.29) is 18.4 Å². The minimum Gasteiger partial charge on any atom is -0.496 e. The second-order valence-corrected chi connectivity index (χ2v) is 7.16. The van der Waals surface area contributed by atoms with Gasteiger partial charge in [0.15, 0.2) is 11.5 Å². The number of methoxy groups -OCH3 is 2. The SMILES string of the molecule is C#CCCCOc1cc(N2CCCN(Cc3cc(F)ccc3OC)C2=O)ccc1OC. The van der Waals surface area contributed by atoms with Crippen molar-refractivity contribution in [2.45, 2.75) is 25.8 Å². The summed E-state index contributed by atoms with van der Waals surface area (Å²) in [5.74, 6) is 3.93. The topological polar surface area (TPSA) is 51.2 Å². The molecule has 0 aromatic heterocycles. The molecule has 2 amide bonds. The van der Waals surface area contributed by atoms with E-state index >= 15 is 0 Å². The third-order valence-electron chi connectivity index (χ3n) is 5.10. The summed E-state index contributed by atoms with van der Waals surface area (Å²) in [6, 6.07) is 9.59. The second kappa shape index (κ2) is 10.6. The first kappa shape index (κ1) is 22.3. The van der Waals surface area contributed by atoms with E-state index in [1.54, 1.807) is 35.1 Å². The Morgan fingerprint density at radius 3 is 2.58 bits per heavy atom. The number of ether oxygens (including phenoxy) is 3. The summed E-state index contributed by atoms with van der Waals surface area (Å²) in [7, 11) is 3.10. The summed E-state index contributed by atoms with van der Waals surface area (Å²) in [4.78, 5) is 16.6. The highest BCUT2D eigenvalue weighted by Crippen LogP contribution is 2.33. The highest BCUT2D eigenvalue weighted by atomic mass is 19.1. The van der Waals surface area contributed by atoms with Gasteiger partial charge in [-0.2, -0.15) is 0 Å². The number of hydrogen-bond acceptors (Lipinski definition) is 4. The Morgan fingerprint density at radius 1 is 1.06 bits per heavy atom. The average Bonchev–Trinajstić information content (AvgIpc) is 2.78. The first-order chi connectivity index (χ1) is 15.1. The van der Waals surface area contributed by atoms with Crippen molar-refractivity contribution >= 4 is 11.7 Å². The molecule has 2 aromatic rings. The van der Waals surface area contributed by atoms with Gasteiger partial charge < -0.3 is 19.1 Å². The fourth-order valence-electron chi connectivity index (χ4n) is 3.55. The van der Waals surface area contributed by atoms with Gasteiger partial charge in [-0.25, -0.2) is 9.18 Å². The fraction of sp³-hybridized carbons (Fsp3) is 0.375. The second-order valence-electron chi connectivity index (χ2n) is 7.16. The zero-order chi connectivity index (χ0) is 22.2. The summed E-state index contributed by atoms with van der Waals surface area (Å²) in [5.41, 5.74) is 1.35. The van der Waals surface area contributed by atoms with Crippen LogP contribution < -0.4 is 19.1 Å². The van der Waals surface area contributed by atoms with E-state index in [1.807, 2.05) is 6.07 Å². The Bertz CT molecular complexity index is 957. The van der Waals surface area contributed by atoms with E-state index in [4.69, 9.17) is 20.6 Å². The number of carbonyl (C=O) groups excluding carboxylic acids is 1. The number of halogens is 1. The summed E-state index contributed by atoms with van der Waals surface area (Å²) in [6.45, 7) is 1.89. The highest BCUT2D eigenvalue weighted by Gasteiger charge is 2.28. The quantitative estimate of drug-likeness (QED) is 0.439. The van der Waals surface area contributed by atoms with Crippen molar-refractivity contribution in [3.63, 3.8) is 0 Å². The van der Waals surface area contributed by atoms with Crippen molar-refractivity contribution in [1.82, 2.24) is 4.90 Å². The van der Waals surface area contributed by atoms with Crippen molar-refractivity contribution in [2.75, 3.05) is 38.8 Å². The van der Waals surface area contributed by atoms with Crippen LogP contribution in [0, 0.1) is 18.2 Å². The number of hydrogen-bond donors (Lipinski definition) is 0. The molecule has 0 N–H and O–H groups in total. The highest BCUT2D eigenvalue weighted by molar-refractivity contribution is 5.93. The first-order valence-electron chi connectivity index (χ1n) is 10.2. The Labute approximate surface area is 182 Å². The number of amides is 2. The molecule has 0 radical (unpaired) electrons. The van der Waals surface area contributed by atoms with Crippen LogP contribution in [0.15, 0.2) is 36.4 Å². The standard InChI is InChI=1S/C24H27FN2O4/c1-4-5-6-14-31-23-16-20(9-11-22(23)30-3)27-13-7-12-26(24(27)28)17-18-15-19(25)8-10-21(18)29-2/h1,8-11,15-16H,5-7,12-14,17H2,2-3H3. The Morgan fingerprint density at radius 2 is 1.84 bits per heavy atom. The van der Waals surface area contributed by atoms with E-state index < -0.39 is 0 Å². The molecule has 2 aromatic carbocycles. The molecule has 3 rings (SSSR count). The molecule has 0 atom stereocenters. The minimum atomic E-state index is -0.362. The van der Waals surface area contributed by atoms with Crippen LogP contribution in [-0.4, -0.2) is 44.8 Å². The van der Waals surface area contributed by atoms with Gasteiger partial charge in [-0.1, -0.05) is 0 Å². The van der Waals surface area contributed by atoms with E-state index in [9.17, 15) is 9.18 Å². The fourth-order valence-corrected chi connectivity index (χ4v) is 3.55. The molecule has 164 valence electrons. The lowest BCUT2D eigenvalue weighted by molar-refractivity contribution is 0.191. The Balaban J connectivity index is 1.78. The molecule has 0 saturated carbocycles. The molecular formula is C24H27FN2O4. The minimum absolute atomic E-state index is 0.152. The number of urea groups is 1. The number of terminal acetylenes is 1. The third kappa shape index (κ3) is 5.40. The van der Waals surface area contributed by atoms with Crippen LogP contribution in [0.2, 0.25) is 0 Å². The van der Waals surface area contributed by atoms with Crippen LogP contribution in [0.5, 0.6) is 17.2 Å². The van der Waals surface area contributed by atoms with Gasteiger partial charge >= 0.3 is 6.03 Å². The number of rotatable bonds is 9. The molecule has 0 unspecified atom stereocenters. The van der Waals surface area contributed by atoms with E-state index in [0.717, 1.165) is 12.8 Å². The molecule has 1 fully saturated rings. The summed E-state index contributed by atoms with van der Waals surface area (Å²) in [5, 5.41) is 0. The van der Waals surface area contributed by atoms with Crippen LogP contribution in [0.25, 0.3) is 0 Å². The molecule has 1 aliphatic rings. The lowest BCUT2D eigenvalue weighted by atomic mass is 10.1. The molecule has 7 heteroatoms. The monoisotopic (exact) mass is 426 g/mol. The van der Waals surface area contributed by atoms with E-state index in [2.05, 4.69) is 5.92 Å². The molecule has 1 heterocycles. The predicted octanol–water partition coefficient (Wildman–Crippen LogP) is 4.47. The third-order valence-corrected chi connectivity index (χ3v) is 5.10. The molecular weight excluding hydrogens is 399 g/mol. The molecule has 0 aliphatic carbocycles. The van der Waals surface area contributed by atoms with Crippen LogP contribution in [-0.2, 0) is 6.54 Å². The van der Waals surface area contributed by atoms with Gasteiger partial charge in [-0.15, -0.1) is 12.3 Å². The molecule has 1 saturated heterocycles. The van der Waals surface area contributed by atoms with Crippen molar-refractivity contribution < 1.29 is 23.4 Å². The van der Waals surface area contributed by atoms with Gasteiger partial charge in [0.05, 0.1) is 27.4 Å². The van der Waals surface area contributed by atoms with Crippen LogP contribution >= 0.6 is 0 Å². The first-order valence-corrected chi connectivity index (χ1v) is 10.2. The number of anilines is 1.